The molecule has 0 unspecified atom stereocenters. The summed E-state index contributed by atoms with van der Waals surface area (Å²) in [7, 11) is -4.88. The zero-order valence-electron chi connectivity index (χ0n) is 9.67. The fraction of sp³-hybridized carbons (Fsp3) is 0.333. The summed E-state index contributed by atoms with van der Waals surface area (Å²) in [5.41, 5.74) is 4.67. The normalized spacial score (nSPS) is 12.1. The van der Waals surface area contributed by atoms with Crippen LogP contribution >= 0.6 is 12.4 Å². The number of nitrogens with one attached hydrogen (secondary N) is 1. The van der Waals surface area contributed by atoms with Crippen LogP contribution in [0.5, 0.6) is 0 Å². The molecule has 1 aromatic rings. The Hall–Kier alpha value is -0.970. The molecule has 20 heavy (non-hydrogen) atoms. The van der Waals surface area contributed by atoms with Gasteiger partial charge in [-0.1, -0.05) is 0 Å². The first-order valence-corrected chi connectivity index (χ1v) is 6.29. The maximum atomic E-state index is 13.2. The zero-order valence-corrected chi connectivity index (χ0v) is 11.3. The summed E-state index contributed by atoms with van der Waals surface area (Å²) in [6.07, 6.45) is 0. The fourth-order valence-corrected chi connectivity index (χ4v) is 2.31. The standard InChI is InChI=1S/C9H9F5N2O2S.ClH/c10-5-1-6(11)8(7(12)2-5)19(17,18)16-4-9(13,14)3-15;/h1-2,16H,3-4,15H2;1H. The molecule has 116 valence electrons. The van der Waals surface area contributed by atoms with Crippen molar-refractivity contribution in [3.8, 4) is 0 Å². The van der Waals surface area contributed by atoms with Gasteiger partial charge in [-0.05, 0) is 0 Å². The lowest BCUT2D eigenvalue weighted by atomic mass is 10.3. The molecule has 0 heterocycles. The third-order valence-corrected chi connectivity index (χ3v) is 3.50. The summed E-state index contributed by atoms with van der Waals surface area (Å²) in [6.45, 7) is -2.58. The molecular formula is C9H10ClF5N2O2S. The number of sulfonamides is 1. The highest BCUT2D eigenvalue weighted by Crippen LogP contribution is 2.20. The van der Waals surface area contributed by atoms with Gasteiger partial charge in [0.05, 0.1) is 13.1 Å². The van der Waals surface area contributed by atoms with E-state index in [9.17, 15) is 30.4 Å². The van der Waals surface area contributed by atoms with Gasteiger partial charge in [-0.2, -0.15) is 0 Å². The average molecular weight is 341 g/mol. The fourth-order valence-electron chi connectivity index (χ4n) is 1.13. The first kappa shape index (κ1) is 19.0. The van der Waals surface area contributed by atoms with Crippen LogP contribution in [0.4, 0.5) is 22.0 Å². The third kappa shape index (κ3) is 4.54. The van der Waals surface area contributed by atoms with E-state index in [4.69, 9.17) is 0 Å². The molecule has 0 aliphatic rings. The van der Waals surface area contributed by atoms with Crippen LogP contribution in [0.3, 0.4) is 0 Å². The molecule has 0 saturated heterocycles. The Kier molecular flexibility index (Phi) is 6.33. The van der Waals surface area contributed by atoms with Gasteiger partial charge >= 0.3 is 0 Å². The van der Waals surface area contributed by atoms with Gasteiger partial charge in [-0.15, -0.1) is 12.4 Å². The minimum atomic E-state index is -4.88. The van der Waals surface area contributed by atoms with Crippen LogP contribution in [-0.2, 0) is 10.0 Å². The summed E-state index contributed by atoms with van der Waals surface area (Å²) in [6, 6.07) is 0.247. The number of hydrogen-bond acceptors (Lipinski definition) is 3. The highest BCUT2D eigenvalue weighted by Gasteiger charge is 2.32. The predicted octanol–water partition coefficient (Wildman–Crippen LogP) is 1.40. The predicted molar refractivity (Wildman–Crippen MR) is 62.8 cm³/mol. The largest absolute Gasteiger partial charge is 0.325 e. The van der Waals surface area contributed by atoms with Crippen molar-refractivity contribution in [1.29, 1.82) is 0 Å². The molecule has 1 aromatic carbocycles. The van der Waals surface area contributed by atoms with Gasteiger partial charge in [0, 0.05) is 12.1 Å². The quantitative estimate of drug-likeness (QED) is 0.796. The van der Waals surface area contributed by atoms with Crippen LogP contribution < -0.4 is 10.5 Å². The van der Waals surface area contributed by atoms with Crippen LogP contribution in [0.25, 0.3) is 0 Å². The summed E-state index contributed by atoms with van der Waals surface area (Å²) in [5.74, 6) is -8.34. The Bertz CT molecular complexity index is 559. The Morgan fingerprint density at radius 2 is 1.60 bits per heavy atom. The number of alkyl halides is 2. The zero-order chi connectivity index (χ0) is 14.8. The molecule has 4 nitrogen and oxygen atoms in total. The van der Waals surface area contributed by atoms with Crippen molar-refractivity contribution < 1.29 is 30.4 Å². The van der Waals surface area contributed by atoms with E-state index in [-0.39, 0.29) is 24.5 Å². The number of rotatable bonds is 5. The molecule has 3 N–H and O–H groups in total. The molecule has 0 amide bonds. The van der Waals surface area contributed by atoms with E-state index in [0.717, 1.165) is 0 Å². The van der Waals surface area contributed by atoms with E-state index in [1.807, 2.05) is 0 Å². The molecule has 0 spiro atoms. The topological polar surface area (TPSA) is 72.2 Å². The highest BCUT2D eigenvalue weighted by molar-refractivity contribution is 7.89. The summed E-state index contributed by atoms with van der Waals surface area (Å²) < 4.78 is 88.7. The van der Waals surface area contributed by atoms with Crippen molar-refractivity contribution in [2.75, 3.05) is 13.1 Å². The second-order valence-electron chi connectivity index (χ2n) is 3.58. The lowest BCUT2D eigenvalue weighted by Crippen LogP contribution is -2.41. The van der Waals surface area contributed by atoms with Crippen molar-refractivity contribution in [2.24, 2.45) is 5.73 Å². The molecule has 1 rings (SSSR count). The average Bonchev–Trinajstić information content (AvgIpc) is 2.25. The highest BCUT2D eigenvalue weighted by atomic mass is 35.5. The SMILES string of the molecule is Cl.NCC(F)(F)CNS(=O)(=O)c1c(F)cc(F)cc1F. The van der Waals surface area contributed by atoms with E-state index < -0.39 is 51.4 Å². The van der Waals surface area contributed by atoms with Crippen molar-refractivity contribution in [3.05, 3.63) is 29.6 Å². The maximum Gasteiger partial charge on any atom is 0.273 e. The minimum Gasteiger partial charge on any atom is -0.325 e. The molecule has 0 saturated carbocycles. The number of hydrogen-bond donors (Lipinski definition) is 2. The van der Waals surface area contributed by atoms with Crippen molar-refractivity contribution in [2.45, 2.75) is 10.8 Å². The lowest BCUT2D eigenvalue weighted by molar-refractivity contribution is 0.0170. The second kappa shape index (κ2) is 6.66. The minimum absolute atomic E-state index is 0. The van der Waals surface area contributed by atoms with Gasteiger partial charge in [0.15, 0.2) is 4.90 Å². The maximum absolute atomic E-state index is 13.2. The van der Waals surface area contributed by atoms with E-state index in [1.165, 1.54) is 4.72 Å². The van der Waals surface area contributed by atoms with Crippen molar-refractivity contribution in [1.82, 2.24) is 4.72 Å². The number of halogens is 6. The van der Waals surface area contributed by atoms with Crippen LogP contribution in [0.15, 0.2) is 17.0 Å². The molecule has 0 bridgehead atoms. The molecule has 11 heteroatoms. The number of nitrogens with two attached hydrogens (primary N) is 1. The van der Waals surface area contributed by atoms with Crippen LogP contribution in [-0.4, -0.2) is 27.4 Å². The van der Waals surface area contributed by atoms with E-state index in [2.05, 4.69) is 5.73 Å². The van der Waals surface area contributed by atoms with Gasteiger partial charge < -0.3 is 5.73 Å². The Labute approximate surface area is 117 Å². The number of benzene rings is 1. The third-order valence-electron chi connectivity index (χ3n) is 2.05. The Morgan fingerprint density at radius 3 is 2.00 bits per heavy atom. The lowest BCUT2D eigenvalue weighted by Gasteiger charge is -2.15. The van der Waals surface area contributed by atoms with Crippen LogP contribution in [0.2, 0.25) is 0 Å². The van der Waals surface area contributed by atoms with Gasteiger partial charge in [0.2, 0.25) is 10.0 Å². The van der Waals surface area contributed by atoms with Gasteiger partial charge in [0.1, 0.15) is 17.5 Å². The smallest absolute Gasteiger partial charge is 0.273 e. The van der Waals surface area contributed by atoms with Gasteiger partial charge in [-0.25, -0.2) is 35.1 Å². The molecular weight excluding hydrogens is 331 g/mol. The van der Waals surface area contributed by atoms with E-state index in [0.29, 0.717) is 0 Å². The van der Waals surface area contributed by atoms with Crippen LogP contribution in [0, 0.1) is 17.5 Å². The molecule has 0 fully saturated rings. The molecule has 0 radical (unpaired) electrons. The molecule has 0 aromatic heterocycles. The molecule has 0 atom stereocenters. The van der Waals surface area contributed by atoms with E-state index >= 15 is 0 Å². The Morgan fingerprint density at radius 1 is 1.15 bits per heavy atom. The summed E-state index contributed by atoms with van der Waals surface area (Å²) >= 11 is 0. The summed E-state index contributed by atoms with van der Waals surface area (Å²) in [5, 5.41) is 0. The Balaban J connectivity index is 0.00000361. The summed E-state index contributed by atoms with van der Waals surface area (Å²) in [4.78, 5) is -1.53. The molecule has 0 aliphatic carbocycles. The van der Waals surface area contributed by atoms with Crippen molar-refractivity contribution >= 4 is 22.4 Å². The van der Waals surface area contributed by atoms with Gasteiger partial charge in [-0.3, -0.25) is 0 Å². The first-order chi connectivity index (χ1) is 8.59. The van der Waals surface area contributed by atoms with Gasteiger partial charge in [0.25, 0.3) is 5.92 Å². The van der Waals surface area contributed by atoms with E-state index in [1.54, 1.807) is 0 Å². The molecule has 0 aliphatic heterocycles. The second-order valence-corrected chi connectivity index (χ2v) is 5.29. The first-order valence-electron chi connectivity index (χ1n) is 4.81. The van der Waals surface area contributed by atoms with Crippen LogP contribution in [0.1, 0.15) is 0 Å². The monoisotopic (exact) mass is 340 g/mol. The van der Waals surface area contributed by atoms with Crippen molar-refractivity contribution in [3.63, 3.8) is 0 Å².